The Morgan fingerprint density at radius 2 is 1.94 bits per heavy atom. The van der Waals surface area contributed by atoms with Gasteiger partial charge in [0.15, 0.2) is 6.29 Å². The largest absolute Gasteiger partial charge is 0.480 e. The Morgan fingerprint density at radius 3 is 2.44 bits per heavy atom. The maximum absolute atomic E-state index is 10.3. The fourth-order valence-corrected chi connectivity index (χ4v) is 1.61. The highest BCUT2D eigenvalue weighted by molar-refractivity contribution is 5.68. The van der Waals surface area contributed by atoms with Crippen molar-refractivity contribution in [2.45, 2.75) is 44.1 Å². The summed E-state index contributed by atoms with van der Waals surface area (Å²) in [7, 11) is 0. The second-order valence-corrected chi connectivity index (χ2v) is 3.62. The maximum Gasteiger partial charge on any atom is 0.329 e. The Bertz CT molecular complexity index is 244. The van der Waals surface area contributed by atoms with Gasteiger partial charge in [-0.2, -0.15) is 0 Å². The molecule has 1 aliphatic rings. The number of aliphatic hydroxyl groups excluding tert-OH is 3. The van der Waals surface area contributed by atoms with E-state index in [0.717, 1.165) is 0 Å². The zero-order valence-electron chi connectivity index (χ0n) is 8.81. The molecule has 0 spiro atoms. The van der Waals surface area contributed by atoms with Gasteiger partial charge in [0.2, 0.25) is 0 Å². The number of rotatable bonds is 4. The molecule has 5 unspecified atom stereocenters. The quantitative estimate of drug-likeness (QED) is 0.460. The van der Waals surface area contributed by atoms with Crippen LogP contribution in [-0.2, 0) is 14.3 Å². The number of ether oxygens (including phenoxy) is 2. The van der Waals surface area contributed by atoms with Crippen LogP contribution in [0.3, 0.4) is 0 Å². The number of hydrogen-bond donors (Lipinski definition) is 4. The van der Waals surface area contributed by atoms with E-state index in [2.05, 4.69) is 0 Å². The minimum Gasteiger partial charge on any atom is -0.480 e. The van der Waals surface area contributed by atoms with Gasteiger partial charge in [0, 0.05) is 0 Å². The summed E-state index contributed by atoms with van der Waals surface area (Å²) in [5.41, 5.74) is 0. The highest BCUT2D eigenvalue weighted by atomic mass is 16.7. The number of aliphatic hydroxyl groups is 3. The van der Waals surface area contributed by atoms with Gasteiger partial charge in [-0.15, -0.1) is 0 Å². The van der Waals surface area contributed by atoms with Crippen LogP contribution in [0.1, 0.15) is 13.3 Å². The van der Waals surface area contributed by atoms with Crippen molar-refractivity contribution in [3.8, 4) is 0 Å². The molecule has 94 valence electrons. The number of carboxylic acid groups (broad SMARTS) is 1. The summed E-state index contributed by atoms with van der Waals surface area (Å²) in [6.07, 6.45) is -5.53. The SMILES string of the molecule is CCC1OC(O)C(OCC(=O)O)C(O)C1O. The summed E-state index contributed by atoms with van der Waals surface area (Å²) in [6, 6.07) is 0. The molecule has 0 aliphatic carbocycles. The number of aliphatic carboxylic acids is 1. The van der Waals surface area contributed by atoms with Gasteiger partial charge >= 0.3 is 5.97 Å². The van der Waals surface area contributed by atoms with Crippen LogP contribution < -0.4 is 0 Å². The fourth-order valence-electron chi connectivity index (χ4n) is 1.61. The molecular weight excluding hydrogens is 220 g/mol. The van der Waals surface area contributed by atoms with Crippen molar-refractivity contribution < 1.29 is 34.7 Å². The second-order valence-electron chi connectivity index (χ2n) is 3.62. The molecule has 0 aromatic carbocycles. The average molecular weight is 236 g/mol. The molecule has 1 rings (SSSR count). The Balaban J connectivity index is 2.60. The lowest BCUT2D eigenvalue weighted by atomic mass is 9.97. The Kier molecular flexibility index (Phi) is 4.63. The van der Waals surface area contributed by atoms with Gasteiger partial charge < -0.3 is 29.9 Å². The second kappa shape index (κ2) is 5.55. The number of carboxylic acids is 1. The predicted molar refractivity (Wildman–Crippen MR) is 50.6 cm³/mol. The lowest BCUT2D eigenvalue weighted by Gasteiger charge is -2.39. The van der Waals surface area contributed by atoms with Gasteiger partial charge in [-0.1, -0.05) is 6.92 Å². The summed E-state index contributed by atoms with van der Waals surface area (Å²) in [5, 5.41) is 37.0. The third-order valence-electron chi connectivity index (χ3n) is 2.46. The minimum atomic E-state index is -1.44. The van der Waals surface area contributed by atoms with E-state index in [1.165, 1.54) is 0 Å². The molecule has 16 heavy (non-hydrogen) atoms. The fraction of sp³-hybridized carbons (Fsp3) is 0.889. The van der Waals surface area contributed by atoms with Crippen LogP contribution >= 0.6 is 0 Å². The molecule has 0 aromatic heterocycles. The first-order valence-electron chi connectivity index (χ1n) is 5.00. The van der Waals surface area contributed by atoms with E-state index in [4.69, 9.17) is 14.6 Å². The molecule has 4 N–H and O–H groups in total. The Labute approximate surface area is 92.2 Å². The van der Waals surface area contributed by atoms with Crippen LogP contribution in [0.25, 0.3) is 0 Å². The van der Waals surface area contributed by atoms with Crippen LogP contribution in [0, 0.1) is 0 Å². The van der Waals surface area contributed by atoms with Crippen molar-refractivity contribution in [2.24, 2.45) is 0 Å². The third kappa shape index (κ3) is 2.89. The molecule has 0 saturated carbocycles. The lowest BCUT2D eigenvalue weighted by Crippen LogP contribution is -2.58. The normalized spacial score (nSPS) is 39.6. The molecule has 5 atom stereocenters. The molecule has 0 bridgehead atoms. The molecule has 7 heteroatoms. The summed E-state index contributed by atoms with van der Waals surface area (Å²) in [6.45, 7) is 1.05. The lowest BCUT2D eigenvalue weighted by molar-refractivity contribution is -0.291. The van der Waals surface area contributed by atoms with Gasteiger partial charge in [-0.25, -0.2) is 4.79 Å². The zero-order valence-corrected chi connectivity index (χ0v) is 8.81. The molecule has 1 saturated heterocycles. The van der Waals surface area contributed by atoms with Crippen LogP contribution in [-0.4, -0.2) is 63.7 Å². The molecule has 0 aromatic rings. The summed E-state index contributed by atoms with van der Waals surface area (Å²) in [5.74, 6) is -1.23. The van der Waals surface area contributed by atoms with E-state index in [-0.39, 0.29) is 0 Å². The predicted octanol–water partition coefficient (Wildman–Crippen LogP) is -1.69. The van der Waals surface area contributed by atoms with Gasteiger partial charge in [0.1, 0.15) is 24.9 Å². The molecule has 1 fully saturated rings. The standard InChI is InChI=1S/C9H16O7/c1-2-4-6(12)7(13)8(9(14)16-4)15-3-5(10)11/h4,6-9,12-14H,2-3H2,1H3,(H,10,11). The maximum atomic E-state index is 10.3. The topological polar surface area (TPSA) is 116 Å². The van der Waals surface area contributed by atoms with E-state index in [1.54, 1.807) is 6.92 Å². The monoisotopic (exact) mass is 236 g/mol. The molecular formula is C9H16O7. The van der Waals surface area contributed by atoms with E-state index in [9.17, 15) is 20.1 Å². The van der Waals surface area contributed by atoms with Gasteiger partial charge in [0.05, 0.1) is 6.10 Å². The minimum absolute atomic E-state index is 0.418. The molecule has 1 aliphatic heterocycles. The highest BCUT2D eigenvalue weighted by Crippen LogP contribution is 2.23. The summed E-state index contributed by atoms with van der Waals surface area (Å²) >= 11 is 0. The van der Waals surface area contributed by atoms with Crippen LogP contribution in [0.4, 0.5) is 0 Å². The molecule has 1 heterocycles. The van der Waals surface area contributed by atoms with Crippen molar-refractivity contribution in [1.29, 1.82) is 0 Å². The van der Waals surface area contributed by atoms with Crippen molar-refractivity contribution >= 4 is 5.97 Å². The Morgan fingerprint density at radius 1 is 1.31 bits per heavy atom. The smallest absolute Gasteiger partial charge is 0.329 e. The zero-order chi connectivity index (χ0) is 12.3. The van der Waals surface area contributed by atoms with Gasteiger partial charge in [-0.3, -0.25) is 0 Å². The van der Waals surface area contributed by atoms with E-state index in [0.29, 0.717) is 6.42 Å². The van der Waals surface area contributed by atoms with Crippen LogP contribution in [0.15, 0.2) is 0 Å². The first-order valence-corrected chi connectivity index (χ1v) is 5.00. The van der Waals surface area contributed by atoms with Crippen LogP contribution in [0.2, 0.25) is 0 Å². The number of carbonyl (C=O) groups is 1. The first-order chi connectivity index (χ1) is 7.47. The summed E-state index contributed by atoms with van der Waals surface area (Å²) < 4.78 is 9.74. The van der Waals surface area contributed by atoms with E-state index < -0.39 is 43.3 Å². The van der Waals surface area contributed by atoms with Gasteiger partial charge in [0.25, 0.3) is 0 Å². The van der Waals surface area contributed by atoms with Crippen molar-refractivity contribution in [3.05, 3.63) is 0 Å². The molecule has 7 nitrogen and oxygen atoms in total. The van der Waals surface area contributed by atoms with Crippen LogP contribution in [0.5, 0.6) is 0 Å². The van der Waals surface area contributed by atoms with Crippen molar-refractivity contribution in [1.82, 2.24) is 0 Å². The van der Waals surface area contributed by atoms with Gasteiger partial charge in [-0.05, 0) is 6.42 Å². The van der Waals surface area contributed by atoms with E-state index in [1.807, 2.05) is 0 Å². The third-order valence-corrected chi connectivity index (χ3v) is 2.46. The Hall–Kier alpha value is -0.730. The average Bonchev–Trinajstić information content (AvgIpc) is 2.22. The van der Waals surface area contributed by atoms with Crippen molar-refractivity contribution in [2.75, 3.05) is 6.61 Å². The number of hydrogen-bond acceptors (Lipinski definition) is 6. The first kappa shape index (κ1) is 13.3. The van der Waals surface area contributed by atoms with E-state index >= 15 is 0 Å². The molecule has 0 amide bonds. The van der Waals surface area contributed by atoms with Crippen molar-refractivity contribution in [3.63, 3.8) is 0 Å². The summed E-state index contributed by atoms with van der Waals surface area (Å²) in [4.78, 5) is 10.3. The highest BCUT2D eigenvalue weighted by Gasteiger charge is 2.43. The molecule has 0 radical (unpaired) electrons.